The van der Waals surface area contributed by atoms with Gasteiger partial charge in [-0.2, -0.15) is 13.2 Å². The first-order chi connectivity index (χ1) is 7.80. The number of hydrogen-bond acceptors (Lipinski definition) is 3. The van der Waals surface area contributed by atoms with Crippen LogP contribution < -0.4 is 5.73 Å². The van der Waals surface area contributed by atoms with Gasteiger partial charge in [-0.15, -0.1) is 0 Å². The van der Waals surface area contributed by atoms with E-state index >= 15 is 0 Å². The van der Waals surface area contributed by atoms with Gasteiger partial charge in [0.05, 0.1) is 0 Å². The van der Waals surface area contributed by atoms with Gasteiger partial charge in [0.2, 0.25) is 0 Å². The average Bonchev–Trinajstić information content (AvgIpc) is 2.25. The highest BCUT2D eigenvalue weighted by molar-refractivity contribution is 5.97. The largest absolute Gasteiger partial charge is 0.493 e. The number of nitrogens with zero attached hydrogens (tertiary/aromatic N) is 1. The number of halogens is 3. The highest BCUT2D eigenvalue weighted by Crippen LogP contribution is 2.16. The first kappa shape index (κ1) is 13.0. The van der Waals surface area contributed by atoms with Gasteiger partial charge in [-0.3, -0.25) is 0 Å². The zero-order chi connectivity index (χ0) is 13.1. The van der Waals surface area contributed by atoms with Crippen LogP contribution in [0.15, 0.2) is 29.4 Å². The first-order valence-electron chi connectivity index (χ1n) is 4.49. The molecule has 0 aromatic heterocycles. The van der Waals surface area contributed by atoms with Crippen LogP contribution in [0.1, 0.15) is 11.1 Å². The Morgan fingerprint density at radius 1 is 1.29 bits per heavy atom. The molecule has 0 bridgehead atoms. The molecule has 0 spiro atoms. The molecule has 0 aliphatic rings. The number of rotatable bonds is 2. The number of alkyl halides is 3. The van der Waals surface area contributed by atoms with Crippen LogP contribution in [0.2, 0.25) is 0 Å². The molecule has 0 amide bonds. The van der Waals surface area contributed by atoms with Crippen LogP contribution in [0, 0.1) is 6.92 Å². The van der Waals surface area contributed by atoms with Crippen LogP contribution in [-0.4, -0.2) is 18.0 Å². The lowest BCUT2D eigenvalue weighted by molar-refractivity contribution is -0.199. The Kier molecular flexibility index (Phi) is 3.72. The van der Waals surface area contributed by atoms with Crippen LogP contribution in [0.25, 0.3) is 0 Å². The SMILES string of the molecule is Cc1ccc(/C(N)=N/OC(=O)C(F)(F)F)cc1. The average molecular weight is 246 g/mol. The summed E-state index contributed by atoms with van der Waals surface area (Å²) in [7, 11) is 0. The van der Waals surface area contributed by atoms with Crippen molar-refractivity contribution in [2.45, 2.75) is 13.1 Å². The predicted octanol–water partition coefficient (Wildman–Crippen LogP) is 1.72. The molecular weight excluding hydrogens is 237 g/mol. The molecule has 1 aromatic rings. The Bertz CT molecular complexity index is 438. The van der Waals surface area contributed by atoms with Crippen LogP contribution in [-0.2, 0) is 9.63 Å². The molecule has 17 heavy (non-hydrogen) atoms. The monoisotopic (exact) mass is 246 g/mol. The van der Waals surface area contributed by atoms with Gasteiger partial charge >= 0.3 is 12.1 Å². The number of carbonyl (C=O) groups excluding carboxylic acids is 1. The smallest absolute Gasteiger partial charge is 0.380 e. The lowest BCUT2D eigenvalue weighted by Crippen LogP contribution is -2.25. The number of benzene rings is 1. The molecule has 0 saturated heterocycles. The third-order valence-electron chi connectivity index (χ3n) is 1.81. The normalized spacial score (nSPS) is 12.4. The van der Waals surface area contributed by atoms with E-state index in [-0.39, 0.29) is 5.84 Å². The van der Waals surface area contributed by atoms with Gasteiger partial charge in [0, 0.05) is 5.56 Å². The Labute approximate surface area is 94.9 Å². The number of carbonyl (C=O) groups is 1. The number of hydrogen-bond donors (Lipinski definition) is 1. The molecular formula is C10H9F3N2O2. The van der Waals surface area contributed by atoms with Crippen LogP contribution in [0.5, 0.6) is 0 Å². The minimum Gasteiger partial charge on any atom is -0.380 e. The van der Waals surface area contributed by atoms with Gasteiger partial charge in [0.25, 0.3) is 0 Å². The molecule has 0 atom stereocenters. The van der Waals surface area contributed by atoms with Crippen molar-refractivity contribution in [3.05, 3.63) is 35.4 Å². The van der Waals surface area contributed by atoms with Gasteiger partial charge in [0.15, 0.2) is 5.84 Å². The summed E-state index contributed by atoms with van der Waals surface area (Å²) in [6.07, 6.45) is -5.09. The quantitative estimate of drug-likeness (QED) is 0.374. The number of aryl methyl sites for hydroxylation is 1. The van der Waals surface area contributed by atoms with Gasteiger partial charge in [-0.25, -0.2) is 4.79 Å². The molecule has 0 fully saturated rings. The minimum absolute atomic E-state index is 0.303. The second-order valence-corrected chi connectivity index (χ2v) is 3.22. The Morgan fingerprint density at radius 2 is 1.82 bits per heavy atom. The number of nitrogens with two attached hydrogens (primary N) is 1. The standard InChI is InChI=1S/C10H9F3N2O2/c1-6-2-4-7(5-3-6)8(14)15-17-9(16)10(11,12)13/h2-5H,1H3,(H2,14,15). The summed E-state index contributed by atoms with van der Waals surface area (Å²) in [5.41, 5.74) is 6.66. The van der Waals surface area contributed by atoms with Crippen molar-refractivity contribution in [2.75, 3.05) is 0 Å². The molecule has 2 N–H and O–H groups in total. The van der Waals surface area contributed by atoms with E-state index in [0.717, 1.165) is 5.56 Å². The molecule has 4 nitrogen and oxygen atoms in total. The molecule has 7 heteroatoms. The van der Waals surface area contributed by atoms with Crippen molar-refractivity contribution in [3.63, 3.8) is 0 Å². The van der Waals surface area contributed by atoms with E-state index in [9.17, 15) is 18.0 Å². The van der Waals surface area contributed by atoms with E-state index in [1.165, 1.54) is 0 Å². The van der Waals surface area contributed by atoms with E-state index in [0.29, 0.717) is 5.56 Å². The Hall–Kier alpha value is -2.05. The second kappa shape index (κ2) is 4.86. The zero-order valence-corrected chi connectivity index (χ0v) is 8.78. The molecule has 0 radical (unpaired) electrons. The van der Waals surface area contributed by atoms with Crippen LogP contribution in [0.3, 0.4) is 0 Å². The Morgan fingerprint density at radius 3 is 2.29 bits per heavy atom. The zero-order valence-electron chi connectivity index (χ0n) is 8.78. The molecule has 0 aliphatic carbocycles. The Balaban J connectivity index is 2.74. The fourth-order valence-corrected chi connectivity index (χ4v) is 0.919. The molecule has 92 valence electrons. The van der Waals surface area contributed by atoms with Crippen molar-refractivity contribution in [2.24, 2.45) is 10.9 Å². The maximum atomic E-state index is 11.8. The number of amidine groups is 1. The lowest BCUT2D eigenvalue weighted by Gasteiger charge is -2.03. The second-order valence-electron chi connectivity index (χ2n) is 3.22. The summed E-state index contributed by atoms with van der Waals surface area (Å²) < 4.78 is 35.3. The maximum absolute atomic E-state index is 11.8. The predicted molar refractivity (Wildman–Crippen MR) is 54.1 cm³/mol. The van der Waals surface area contributed by atoms with Crippen LogP contribution in [0.4, 0.5) is 13.2 Å². The maximum Gasteiger partial charge on any atom is 0.493 e. The highest BCUT2D eigenvalue weighted by Gasteiger charge is 2.41. The van der Waals surface area contributed by atoms with E-state index in [1.807, 2.05) is 6.92 Å². The van der Waals surface area contributed by atoms with Crippen molar-refractivity contribution < 1.29 is 22.8 Å². The van der Waals surface area contributed by atoms with Crippen molar-refractivity contribution in [1.29, 1.82) is 0 Å². The van der Waals surface area contributed by atoms with E-state index < -0.39 is 12.1 Å². The van der Waals surface area contributed by atoms with Crippen molar-refractivity contribution in [3.8, 4) is 0 Å². The lowest BCUT2D eigenvalue weighted by atomic mass is 10.1. The molecule has 0 aliphatic heterocycles. The summed E-state index contributed by atoms with van der Waals surface area (Å²) in [4.78, 5) is 14.0. The summed E-state index contributed by atoms with van der Waals surface area (Å²) in [6, 6.07) is 6.50. The summed E-state index contributed by atoms with van der Waals surface area (Å²) in [6.45, 7) is 1.83. The van der Waals surface area contributed by atoms with E-state index in [2.05, 4.69) is 9.99 Å². The van der Waals surface area contributed by atoms with Crippen molar-refractivity contribution >= 4 is 11.8 Å². The highest BCUT2D eigenvalue weighted by atomic mass is 19.4. The molecule has 0 heterocycles. The van der Waals surface area contributed by atoms with Gasteiger partial charge in [-0.1, -0.05) is 35.0 Å². The molecule has 0 unspecified atom stereocenters. The third kappa shape index (κ3) is 3.78. The fourth-order valence-electron chi connectivity index (χ4n) is 0.919. The molecule has 1 aromatic carbocycles. The minimum atomic E-state index is -5.09. The van der Waals surface area contributed by atoms with Crippen LogP contribution >= 0.6 is 0 Å². The fraction of sp³-hybridized carbons (Fsp3) is 0.200. The van der Waals surface area contributed by atoms with E-state index in [1.54, 1.807) is 24.3 Å². The third-order valence-corrected chi connectivity index (χ3v) is 1.81. The first-order valence-corrected chi connectivity index (χ1v) is 4.49. The summed E-state index contributed by atoms with van der Waals surface area (Å²) >= 11 is 0. The number of oxime groups is 1. The van der Waals surface area contributed by atoms with Gasteiger partial charge in [-0.05, 0) is 6.92 Å². The summed E-state index contributed by atoms with van der Waals surface area (Å²) in [5.74, 6) is -2.71. The van der Waals surface area contributed by atoms with Gasteiger partial charge in [0.1, 0.15) is 0 Å². The summed E-state index contributed by atoms with van der Waals surface area (Å²) in [5, 5.41) is 2.92. The molecule has 1 rings (SSSR count). The van der Waals surface area contributed by atoms with E-state index in [4.69, 9.17) is 5.73 Å². The molecule has 0 saturated carbocycles. The van der Waals surface area contributed by atoms with Crippen molar-refractivity contribution in [1.82, 2.24) is 0 Å². The topological polar surface area (TPSA) is 64.7 Å². The van der Waals surface area contributed by atoms with Gasteiger partial charge < -0.3 is 10.6 Å².